The van der Waals surface area contributed by atoms with Crippen molar-refractivity contribution in [2.24, 2.45) is 11.7 Å². The number of carbonyl (C=O) groups excluding carboxylic acids is 1. The first-order valence-corrected chi connectivity index (χ1v) is 7.85. The van der Waals surface area contributed by atoms with Crippen molar-refractivity contribution in [2.75, 3.05) is 26.2 Å². The van der Waals surface area contributed by atoms with E-state index in [-0.39, 0.29) is 11.4 Å². The molecule has 1 heterocycles. The van der Waals surface area contributed by atoms with E-state index >= 15 is 0 Å². The van der Waals surface area contributed by atoms with E-state index in [1.165, 1.54) is 32.4 Å². The number of nitrogens with zero attached hydrogens (tertiary/aromatic N) is 1. The molecule has 0 spiro atoms. The van der Waals surface area contributed by atoms with E-state index < -0.39 is 0 Å². The molecule has 1 aliphatic heterocycles. The van der Waals surface area contributed by atoms with E-state index in [1.807, 2.05) is 0 Å². The van der Waals surface area contributed by atoms with Crippen LogP contribution in [0.5, 0.6) is 0 Å². The number of nitrogens with two attached hydrogens (primary N) is 1. The molecule has 1 saturated heterocycles. The minimum absolute atomic E-state index is 0.134. The highest BCUT2D eigenvalue weighted by atomic mass is 16.1. The van der Waals surface area contributed by atoms with Gasteiger partial charge in [-0.15, -0.1) is 0 Å². The van der Waals surface area contributed by atoms with Crippen LogP contribution in [0.2, 0.25) is 0 Å². The molecule has 2 aliphatic rings. The number of nitrogens with one attached hydrogen (secondary N) is 1. The Labute approximate surface area is 117 Å². The summed E-state index contributed by atoms with van der Waals surface area (Å²) >= 11 is 0. The molecule has 0 unspecified atom stereocenters. The highest BCUT2D eigenvalue weighted by molar-refractivity contribution is 5.77. The van der Waals surface area contributed by atoms with Crippen LogP contribution in [0.15, 0.2) is 0 Å². The Hall–Kier alpha value is -0.610. The zero-order valence-electron chi connectivity index (χ0n) is 12.3. The van der Waals surface area contributed by atoms with Gasteiger partial charge in [0.05, 0.1) is 0 Å². The topological polar surface area (TPSA) is 58.4 Å². The van der Waals surface area contributed by atoms with Gasteiger partial charge in [0.25, 0.3) is 0 Å². The predicted molar refractivity (Wildman–Crippen MR) is 77.9 cm³/mol. The molecule has 0 aromatic carbocycles. The minimum atomic E-state index is -0.187. The quantitative estimate of drug-likeness (QED) is 0.717. The number of carbonyl (C=O) groups is 1. The van der Waals surface area contributed by atoms with Crippen molar-refractivity contribution >= 4 is 5.91 Å². The molecule has 2 fully saturated rings. The maximum Gasteiger partial charge on any atom is 0.221 e. The second kappa shape index (κ2) is 6.71. The molecule has 110 valence electrons. The summed E-state index contributed by atoms with van der Waals surface area (Å²) in [7, 11) is 0. The second-order valence-corrected chi connectivity index (χ2v) is 6.62. The van der Waals surface area contributed by atoms with Crippen LogP contribution in [0.1, 0.15) is 51.9 Å². The fourth-order valence-electron chi connectivity index (χ4n) is 3.01. The third-order valence-electron chi connectivity index (χ3n) is 4.71. The number of piperidine rings is 1. The number of rotatable bonds is 6. The molecular weight excluding hydrogens is 238 g/mol. The molecule has 4 nitrogen and oxygen atoms in total. The normalized spacial score (nSPS) is 23.9. The third kappa shape index (κ3) is 4.77. The molecule has 1 amide bonds. The maximum absolute atomic E-state index is 11.7. The number of hydrogen-bond acceptors (Lipinski definition) is 3. The number of amides is 1. The summed E-state index contributed by atoms with van der Waals surface area (Å²) in [6.45, 7) is 6.68. The van der Waals surface area contributed by atoms with Crippen molar-refractivity contribution < 1.29 is 4.79 Å². The maximum atomic E-state index is 11.7. The van der Waals surface area contributed by atoms with Gasteiger partial charge in [0.15, 0.2) is 0 Å². The number of likely N-dealkylation sites (tertiary alicyclic amines) is 1. The van der Waals surface area contributed by atoms with E-state index in [2.05, 4.69) is 17.1 Å². The van der Waals surface area contributed by atoms with Crippen LogP contribution in [0.3, 0.4) is 0 Å². The predicted octanol–water partition coefficient (Wildman–Crippen LogP) is 1.50. The van der Waals surface area contributed by atoms with E-state index in [4.69, 9.17) is 5.73 Å². The van der Waals surface area contributed by atoms with Gasteiger partial charge in [0.1, 0.15) is 0 Å². The van der Waals surface area contributed by atoms with Gasteiger partial charge >= 0.3 is 0 Å². The van der Waals surface area contributed by atoms with Crippen LogP contribution >= 0.6 is 0 Å². The van der Waals surface area contributed by atoms with E-state index in [0.29, 0.717) is 6.42 Å². The Kier molecular flexibility index (Phi) is 5.22. The lowest BCUT2D eigenvalue weighted by Crippen LogP contribution is -2.50. The Morgan fingerprint density at radius 2 is 2.05 bits per heavy atom. The first kappa shape index (κ1) is 14.8. The summed E-state index contributed by atoms with van der Waals surface area (Å²) in [5.41, 5.74) is 5.88. The van der Waals surface area contributed by atoms with Crippen molar-refractivity contribution in [3.63, 3.8) is 0 Å². The van der Waals surface area contributed by atoms with Crippen LogP contribution in [0.25, 0.3) is 0 Å². The Morgan fingerprint density at radius 1 is 1.37 bits per heavy atom. The van der Waals surface area contributed by atoms with Crippen molar-refractivity contribution in [3.05, 3.63) is 0 Å². The van der Waals surface area contributed by atoms with Gasteiger partial charge < -0.3 is 16.0 Å². The summed E-state index contributed by atoms with van der Waals surface area (Å²) in [4.78, 5) is 14.3. The molecule has 3 N–H and O–H groups in total. The molecule has 4 heteroatoms. The van der Waals surface area contributed by atoms with Gasteiger partial charge in [0, 0.05) is 18.5 Å². The lowest BCUT2D eigenvalue weighted by Gasteiger charge is -2.37. The summed E-state index contributed by atoms with van der Waals surface area (Å²) < 4.78 is 0. The van der Waals surface area contributed by atoms with Gasteiger partial charge in [-0.05, 0) is 64.1 Å². The first-order valence-electron chi connectivity index (χ1n) is 7.85. The van der Waals surface area contributed by atoms with E-state index in [0.717, 1.165) is 38.3 Å². The fourth-order valence-corrected chi connectivity index (χ4v) is 3.01. The van der Waals surface area contributed by atoms with Gasteiger partial charge in [-0.1, -0.05) is 6.92 Å². The monoisotopic (exact) mass is 267 g/mol. The van der Waals surface area contributed by atoms with Crippen molar-refractivity contribution in [1.29, 1.82) is 0 Å². The molecule has 0 radical (unpaired) electrons. The molecule has 1 aliphatic carbocycles. The summed E-state index contributed by atoms with van der Waals surface area (Å²) in [5, 5.41) is 3.01. The average molecular weight is 267 g/mol. The zero-order valence-corrected chi connectivity index (χ0v) is 12.3. The lowest BCUT2D eigenvalue weighted by atomic mass is 9.75. The smallest absolute Gasteiger partial charge is 0.221 e. The summed E-state index contributed by atoms with van der Waals surface area (Å²) in [5.74, 6) is 1.02. The lowest BCUT2D eigenvalue weighted by molar-refractivity contribution is -0.123. The van der Waals surface area contributed by atoms with Gasteiger partial charge in [-0.25, -0.2) is 0 Å². The standard InChI is InChI=1S/C15H29N3O/c1-13-4-10-18(11-5-13)9-3-8-17-14(19)12-15(16)6-2-7-15/h13H,2-12,16H2,1H3,(H,17,19). The van der Waals surface area contributed by atoms with Crippen molar-refractivity contribution in [3.8, 4) is 0 Å². The fraction of sp³-hybridized carbons (Fsp3) is 0.933. The molecule has 0 atom stereocenters. The molecule has 2 rings (SSSR count). The van der Waals surface area contributed by atoms with E-state index in [9.17, 15) is 4.79 Å². The third-order valence-corrected chi connectivity index (χ3v) is 4.71. The van der Waals surface area contributed by atoms with Crippen molar-refractivity contribution in [1.82, 2.24) is 10.2 Å². The van der Waals surface area contributed by atoms with E-state index in [1.54, 1.807) is 0 Å². The second-order valence-electron chi connectivity index (χ2n) is 6.62. The number of hydrogen-bond donors (Lipinski definition) is 2. The van der Waals surface area contributed by atoms with Crippen LogP contribution in [0.4, 0.5) is 0 Å². The molecule has 0 aromatic heterocycles. The first-order chi connectivity index (χ1) is 9.07. The molecular formula is C15H29N3O. The SMILES string of the molecule is CC1CCN(CCCNC(=O)CC2(N)CCC2)CC1. The largest absolute Gasteiger partial charge is 0.356 e. The van der Waals surface area contributed by atoms with Gasteiger partial charge in [-0.2, -0.15) is 0 Å². The summed E-state index contributed by atoms with van der Waals surface area (Å²) in [6, 6.07) is 0. The van der Waals surface area contributed by atoms with Gasteiger partial charge in [-0.3, -0.25) is 4.79 Å². The molecule has 0 aromatic rings. The Morgan fingerprint density at radius 3 is 2.63 bits per heavy atom. The Bertz CT molecular complexity index is 294. The van der Waals surface area contributed by atoms with Crippen molar-refractivity contribution in [2.45, 2.75) is 57.4 Å². The zero-order chi connectivity index (χ0) is 13.7. The van der Waals surface area contributed by atoms with Crippen LogP contribution in [-0.4, -0.2) is 42.5 Å². The molecule has 0 bridgehead atoms. The van der Waals surface area contributed by atoms with Gasteiger partial charge in [0.2, 0.25) is 5.91 Å². The average Bonchev–Trinajstić information content (AvgIpc) is 2.35. The minimum Gasteiger partial charge on any atom is -0.356 e. The molecule has 19 heavy (non-hydrogen) atoms. The highest BCUT2D eigenvalue weighted by Crippen LogP contribution is 2.31. The molecule has 1 saturated carbocycles. The summed E-state index contributed by atoms with van der Waals surface area (Å²) in [6.07, 6.45) is 7.39. The van der Waals surface area contributed by atoms with Crippen LogP contribution in [0, 0.1) is 5.92 Å². The van der Waals surface area contributed by atoms with Crippen LogP contribution in [-0.2, 0) is 4.79 Å². The highest BCUT2D eigenvalue weighted by Gasteiger charge is 2.34. The van der Waals surface area contributed by atoms with Crippen LogP contribution < -0.4 is 11.1 Å². The Balaban J connectivity index is 1.50.